The standard InChI is InChI=1S/C12H13N2.H2O4S/c1-10-9-12(5-8-14(10)2)11-3-6-13-7-4-11;1-5(2,3)4/h3-9H,1-2H3;(H2,1,2,3,4)/q+1;/p-1. The number of aryl methyl sites for hydroxylation is 2. The molecule has 0 aliphatic rings. The normalized spacial score (nSPS) is 10.5. The Labute approximate surface area is 112 Å². The van der Waals surface area contributed by atoms with Crippen molar-refractivity contribution in [1.82, 2.24) is 4.98 Å². The molecule has 0 fully saturated rings. The van der Waals surface area contributed by atoms with Gasteiger partial charge in [-0.05, 0) is 23.3 Å². The van der Waals surface area contributed by atoms with Gasteiger partial charge in [0.1, 0.15) is 7.05 Å². The molecule has 0 amide bonds. The minimum absolute atomic E-state index is 1.21. The number of pyridine rings is 2. The molecule has 0 spiro atoms. The molecule has 0 aromatic carbocycles. The van der Waals surface area contributed by atoms with Crippen LogP contribution < -0.4 is 4.57 Å². The molecule has 2 aromatic heterocycles. The molecule has 6 nitrogen and oxygen atoms in total. The van der Waals surface area contributed by atoms with Crippen LogP contribution in [0.15, 0.2) is 42.9 Å². The first-order valence-corrected chi connectivity index (χ1v) is 6.69. The Hall–Kier alpha value is -1.83. The van der Waals surface area contributed by atoms with Gasteiger partial charge < -0.3 is 4.55 Å². The summed E-state index contributed by atoms with van der Waals surface area (Å²) >= 11 is 0. The zero-order chi connectivity index (χ0) is 14.5. The van der Waals surface area contributed by atoms with Gasteiger partial charge in [0.25, 0.3) is 0 Å². The van der Waals surface area contributed by atoms with Crippen molar-refractivity contribution in [2.75, 3.05) is 0 Å². The van der Waals surface area contributed by atoms with Gasteiger partial charge in [-0.25, -0.2) is 13.0 Å². The first kappa shape index (κ1) is 15.2. The Morgan fingerprint density at radius 2 is 1.74 bits per heavy atom. The van der Waals surface area contributed by atoms with Crippen LogP contribution in [0.25, 0.3) is 11.1 Å². The molecular weight excluding hydrogens is 268 g/mol. The Morgan fingerprint density at radius 1 is 1.21 bits per heavy atom. The fourth-order valence-corrected chi connectivity index (χ4v) is 1.41. The van der Waals surface area contributed by atoms with Gasteiger partial charge in [-0.2, -0.15) is 0 Å². The smallest absolute Gasteiger partial charge is 0.215 e. The fraction of sp³-hybridized carbons (Fsp3) is 0.167. The molecule has 0 saturated heterocycles. The number of aromatic nitrogens is 2. The van der Waals surface area contributed by atoms with Gasteiger partial charge in [0, 0.05) is 31.5 Å². The van der Waals surface area contributed by atoms with E-state index in [1.807, 2.05) is 31.6 Å². The quantitative estimate of drug-likeness (QED) is 0.476. The van der Waals surface area contributed by atoms with Gasteiger partial charge in [0.15, 0.2) is 11.9 Å². The number of hydrogen-bond acceptors (Lipinski definition) is 4. The molecule has 0 saturated carbocycles. The van der Waals surface area contributed by atoms with Crippen molar-refractivity contribution in [2.24, 2.45) is 7.05 Å². The maximum absolute atomic E-state index is 8.63. The van der Waals surface area contributed by atoms with Crippen LogP contribution in [0, 0.1) is 6.92 Å². The van der Waals surface area contributed by atoms with Crippen LogP contribution in [-0.4, -0.2) is 22.5 Å². The van der Waals surface area contributed by atoms with Crippen molar-refractivity contribution in [3.63, 3.8) is 0 Å². The third-order valence-electron chi connectivity index (χ3n) is 2.41. The average Bonchev–Trinajstić information content (AvgIpc) is 2.32. The molecule has 2 aromatic rings. The third kappa shape index (κ3) is 6.05. The highest BCUT2D eigenvalue weighted by Crippen LogP contribution is 2.16. The second kappa shape index (κ2) is 6.37. The van der Waals surface area contributed by atoms with Gasteiger partial charge >= 0.3 is 0 Å². The van der Waals surface area contributed by atoms with Crippen molar-refractivity contribution in [3.8, 4) is 11.1 Å². The van der Waals surface area contributed by atoms with Gasteiger partial charge in [0.2, 0.25) is 10.4 Å². The fourth-order valence-electron chi connectivity index (χ4n) is 1.41. The van der Waals surface area contributed by atoms with Crippen molar-refractivity contribution in [2.45, 2.75) is 6.92 Å². The van der Waals surface area contributed by atoms with Crippen LogP contribution in [0.3, 0.4) is 0 Å². The van der Waals surface area contributed by atoms with E-state index in [2.05, 4.69) is 34.8 Å². The van der Waals surface area contributed by atoms with Crippen molar-refractivity contribution < 1.29 is 22.1 Å². The van der Waals surface area contributed by atoms with Gasteiger partial charge in [-0.3, -0.25) is 9.54 Å². The maximum Gasteiger partial charge on any atom is 0.215 e. The molecule has 102 valence electrons. The van der Waals surface area contributed by atoms with E-state index in [4.69, 9.17) is 17.5 Å². The summed E-state index contributed by atoms with van der Waals surface area (Å²) < 4.78 is 34.9. The summed E-state index contributed by atoms with van der Waals surface area (Å²) in [6, 6.07) is 8.33. The first-order chi connectivity index (χ1) is 8.77. The second-order valence-electron chi connectivity index (χ2n) is 3.83. The molecule has 0 aliphatic heterocycles. The number of hydrogen-bond donors (Lipinski definition) is 1. The zero-order valence-electron chi connectivity index (χ0n) is 10.5. The van der Waals surface area contributed by atoms with Crippen LogP contribution in [0.1, 0.15) is 5.69 Å². The Kier molecular flexibility index (Phi) is 5.11. The minimum atomic E-state index is -4.92. The van der Waals surface area contributed by atoms with Gasteiger partial charge in [0.05, 0.1) is 0 Å². The van der Waals surface area contributed by atoms with E-state index in [0.29, 0.717) is 0 Å². The molecule has 19 heavy (non-hydrogen) atoms. The van der Waals surface area contributed by atoms with E-state index < -0.39 is 10.4 Å². The lowest BCUT2D eigenvalue weighted by atomic mass is 10.1. The Morgan fingerprint density at radius 3 is 2.21 bits per heavy atom. The molecular formula is C12H14N2O4S. The average molecular weight is 282 g/mol. The monoisotopic (exact) mass is 282 g/mol. The summed E-state index contributed by atoms with van der Waals surface area (Å²) in [7, 11) is -2.87. The molecule has 1 N–H and O–H groups in total. The summed E-state index contributed by atoms with van der Waals surface area (Å²) in [5, 5.41) is 0. The van der Waals surface area contributed by atoms with Gasteiger partial charge in [-0.15, -0.1) is 0 Å². The molecule has 0 unspecified atom stereocenters. The van der Waals surface area contributed by atoms with E-state index in [-0.39, 0.29) is 0 Å². The lowest BCUT2D eigenvalue weighted by molar-refractivity contribution is -0.677. The van der Waals surface area contributed by atoms with E-state index >= 15 is 0 Å². The Bertz CT molecular complexity index is 634. The van der Waals surface area contributed by atoms with E-state index in [1.165, 1.54) is 16.8 Å². The predicted molar refractivity (Wildman–Crippen MR) is 67.9 cm³/mol. The molecule has 2 rings (SSSR count). The minimum Gasteiger partial charge on any atom is -0.726 e. The highest BCUT2D eigenvalue weighted by molar-refractivity contribution is 7.79. The van der Waals surface area contributed by atoms with Crippen LogP contribution >= 0.6 is 0 Å². The van der Waals surface area contributed by atoms with Crippen LogP contribution in [-0.2, 0) is 17.4 Å². The summed E-state index contributed by atoms with van der Waals surface area (Å²) in [6.07, 6.45) is 5.71. The van der Waals surface area contributed by atoms with E-state index in [1.54, 1.807) is 0 Å². The predicted octanol–water partition coefficient (Wildman–Crippen LogP) is 0.886. The second-order valence-corrected chi connectivity index (χ2v) is 4.69. The zero-order valence-corrected chi connectivity index (χ0v) is 11.3. The summed E-state index contributed by atoms with van der Waals surface area (Å²) in [5.41, 5.74) is 3.70. The summed E-state index contributed by atoms with van der Waals surface area (Å²) in [4.78, 5) is 4.01. The summed E-state index contributed by atoms with van der Waals surface area (Å²) in [5.74, 6) is 0. The van der Waals surface area contributed by atoms with Crippen LogP contribution in [0.5, 0.6) is 0 Å². The van der Waals surface area contributed by atoms with E-state index in [0.717, 1.165) is 0 Å². The van der Waals surface area contributed by atoms with Crippen LogP contribution in [0.2, 0.25) is 0 Å². The van der Waals surface area contributed by atoms with Crippen LogP contribution in [0.4, 0.5) is 0 Å². The SMILES string of the molecule is Cc1cc(-c2ccncc2)cc[n+]1C.O=S(=O)([O-])O. The largest absolute Gasteiger partial charge is 0.726 e. The van der Waals surface area contributed by atoms with Crippen molar-refractivity contribution >= 4 is 10.4 Å². The van der Waals surface area contributed by atoms with E-state index in [9.17, 15) is 0 Å². The van der Waals surface area contributed by atoms with Crippen molar-refractivity contribution in [3.05, 3.63) is 48.5 Å². The maximum atomic E-state index is 8.63. The van der Waals surface area contributed by atoms with Gasteiger partial charge in [-0.1, -0.05) is 0 Å². The lowest BCUT2D eigenvalue weighted by Gasteiger charge is -2.00. The third-order valence-corrected chi connectivity index (χ3v) is 2.41. The number of rotatable bonds is 1. The highest BCUT2D eigenvalue weighted by atomic mass is 32.3. The lowest BCUT2D eigenvalue weighted by Crippen LogP contribution is -2.30. The molecule has 0 atom stereocenters. The molecule has 0 aliphatic carbocycles. The molecule has 2 heterocycles. The molecule has 7 heteroatoms. The highest BCUT2D eigenvalue weighted by Gasteiger charge is 2.03. The van der Waals surface area contributed by atoms with Crippen molar-refractivity contribution in [1.29, 1.82) is 0 Å². The molecule has 0 radical (unpaired) electrons. The molecule has 0 bridgehead atoms. The first-order valence-electron chi connectivity index (χ1n) is 5.32. The topological polar surface area (TPSA) is 94.2 Å². The summed E-state index contributed by atoms with van der Waals surface area (Å²) in [6.45, 7) is 2.10. The number of nitrogens with zero attached hydrogens (tertiary/aromatic N) is 2. The Balaban J connectivity index is 0.000000312.